The highest BCUT2D eigenvalue weighted by Gasteiger charge is 2.25. The molecule has 1 aromatic carbocycles. The minimum atomic E-state index is 0. The monoisotopic (exact) mass is 442 g/mol. The molecule has 3 rings (SSSR count). The maximum absolute atomic E-state index is 11.8. The van der Waals surface area contributed by atoms with E-state index in [0.29, 0.717) is 12.1 Å². The van der Waals surface area contributed by atoms with E-state index in [4.69, 9.17) is 0 Å². The van der Waals surface area contributed by atoms with Crippen LogP contribution in [0.15, 0.2) is 29.3 Å². The van der Waals surface area contributed by atoms with Crippen LogP contribution in [0.1, 0.15) is 30.4 Å². The highest BCUT2D eigenvalue weighted by atomic mass is 127. The van der Waals surface area contributed by atoms with Crippen molar-refractivity contribution in [2.75, 3.05) is 20.6 Å². The van der Waals surface area contributed by atoms with Crippen LogP contribution in [-0.2, 0) is 17.6 Å². The Labute approximate surface area is 161 Å². The molecule has 0 bridgehead atoms. The van der Waals surface area contributed by atoms with Crippen LogP contribution < -0.4 is 10.6 Å². The molecular formula is C18H27IN4O. The standard InChI is InChI=1S/C18H26N4O.HI/c1-22(2)17(23)12-19-18(20-15-9-10-15)21-16-8-7-13-5-3-4-6-14(13)11-16;/h3-6,15-16H,7-12H2,1-2H3,(H2,19,20,21);1H. The second-order valence-electron chi connectivity index (χ2n) is 6.72. The third-order valence-electron chi connectivity index (χ3n) is 4.48. The zero-order valence-corrected chi connectivity index (χ0v) is 16.7. The number of likely N-dealkylation sites (N-methyl/N-ethyl adjacent to an activating group) is 1. The lowest BCUT2D eigenvalue weighted by atomic mass is 9.88. The van der Waals surface area contributed by atoms with Crippen LogP contribution in [0.4, 0.5) is 0 Å². The summed E-state index contributed by atoms with van der Waals surface area (Å²) in [4.78, 5) is 17.8. The summed E-state index contributed by atoms with van der Waals surface area (Å²) in [5, 5.41) is 6.96. The molecule has 2 aliphatic carbocycles. The number of rotatable bonds is 4. The predicted octanol–water partition coefficient (Wildman–Crippen LogP) is 1.95. The van der Waals surface area contributed by atoms with Gasteiger partial charge in [0.15, 0.2) is 5.96 Å². The number of carbonyl (C=O) groups excluding carboxylic acids is 1. The Balaban J connectivity index is 0.00000208. The van der Waals surface area contributed by atoms with Crippen LogP contribution in [0.3, 0.4) is 0 Å². The topological polar surface area (TPSA) is 56.7 Å². The van der Waals surface area contributed by atoms with E-state index in [-0.39, 0.29) is 36.4 Å². The van der Waals surface area contributed by atoms with Crippen molar-refractivity contribution in [1.82, 2.24) is 15.5 Å². The number of nitrogens with zero attached hydrogens (tertiary/aromatic N) is 2. The van der Waals surface area contributed by atoms with Gasteiger partial charge in [0.2, 0.25) is 5.91 Å². The quantitative estimate of drug-likeness (QED) is 0.426. The van der Waals surface area contributed by atoms with Gasteiger partial charge in [-0.15, -0.1) is 24.0 Å². The SMILES string of the molecule is CN(C)C(=O)CN=C(NC1CC1)NC1CCc2ccccc2C1.I. The van der Waals surface area contributed by atoms with Crippen LogP contribution in [0.5, 0.6) is 0 Å². The maximum Gasteiger partial charge on any atom is 0.243 e. The molecule has 1 amide bonds. The minimum absolute atomic E-state index is 0. The average Bonchev–Trinajstić information content (AvgIpc) is 3.36. The number of guanidine groups is 1. The summed E-state index contributed by atoms with van der Waals surface area (Å²) in [5.41, 5.74) is 2.88. The van der Waals surface area contributed by atoms with Gasteiger partial charge in [-0.2, -0.15) is 0 Å². The van der Waals surface area contributed by atoms with Gasteiger partial charge in [0, 0.05) is 26.2 Å². The van der Waals surface area contributed by atoms with Gasteiger partial charge in [-0.05, 0) is 43.2 Å². The fourth-order valence-electron chi connectivity index (χ4n) is 2.86. The molecule has 2 N–H and O–H groups in total. The van der Waals surface area contributed by atoms with Gasteiger partial charge >= 0.3 is 0 Å². The lowest BCUT2D eigenvalue weighted by Gasteiger charge is -2.27. The van der Waals surface area contributed by atoms with Crippen LogP contribution in [-0.4, -0.2) is 49.5 Å². The summed E-state index contributed by atoms with van der Waals surface area (Å²) >= 11 is 0. The zero-order valence-electron chi connectivity index (χ0n) is 14.4. The number of aryl methyl sites for hydroxylation is 1. The number of hydrogen-bond acceptors (Lipinski definition) is 2. The second kappa shape index (κ2) is 8.69. The smallest absolute Gasteiger partial charge is 0.243 e. The number of hydrogen-bond donors (Lipinski definition) is 2. The number of amides is 1. The summed E-state index contributed by atoms with van der Waals surface area (Å²) in [5.74, 6) is 0.808. The van der Waals surface area contributed by atoms with Crippen molar-refractivity contribution >= 4 is 35.8 Å². The van der Waals surface area contributed by atoms with Gasteiger partial charge in [0.05, 0.1) is 0 Å². The van der Waals surface area contributed by atoms with Crippen molar-refractivity contribution in [2.45, 2.75) is 44.2 Å². The first-order valence-corrected chi connectivity index (χ1v) is 8.46. The lowest BCUT2D eigenvalue weighted by Crippen LogP contribution is -2.46. The van der Waals surface area contributed by atoms with Crippen LogP contribution in [0.2, 0.25) is 0 Å². The molecule has 1 fully saturated rings. The van der Waals surface area contributed by atoms with E-state index in [0.717, 1.165) is 25.2 Å². The number of carbonyl (C=O) groups is 1. The molecule has 6 heteroatoms. The van der Waals surface area contributed by atoms with E-state index < -0.39 is 0 Å². The molecule has 0 saturated heterocycles. The number of aliphatic imine (C=N–C) groups is 1. The van der Waals surface area contributed by atoms with Crippen molar-refractivity contribution in [3.8, 4) is 0 Å². The molecule has 0 spiro atoms. The largest absolute Gasteiger partial charge is 0.354 e. The summed E-state index contributed by atoms with van der Waals surface area (Å²) in [6.07, 6.45) is 5.60. The van der Waals surface area contributed by atoms with Gasteiger partial charge in [0.1, 0.15) is 6.54 Å². The first-order chi connectivity index (χ1) is 11.1. The molecule has 132 valence electrons. The van der Waals surface area contributed by atoms with Crippen molar-refractivity contribution in [1.29, 1.82) is 0 Å². The van der Waals surface area contributed by atoms with E-state index in [9.17, 15) is 4.79 Å². The molecule has 1 unspecified atom stereocenters. The molecule has 2 aliphatic rings. The zero-order chi connectivity index (χ0) is 16.2. The van der Waals surface area contributed by atoms with Crippen molar-refractivity contribution in [3.05, 3.63) is 35.4 Å². The second-order valence-corrected chi connectivity index (χ2v) is 6.72. The summed E-state index contributed by atoms with van der Waals surface area (Å²) in [6.45, 7) is 0.193. The first-order valence-electron chi connectivity index (χ1n) is 8.46. The van der Waals surface area contributed by atoms with Crippen LogP contribution in [0, 0.1) is 0 Å². The number of nitrogens with one attached hydrogen (secondary N) is 2. The van der Waals surface area contributed by atoms with Crippen LogP contribution in [0.25, 0.3) is 0 Å². The maximum atomic E-state index is 11.8. The molecule has 0 radical (unpaired) electrons. The van der Waals surface area contributed by atoms with Gasteiger partial charge in [-0.1, -0.05) is 24.3 Å². The lowest BCUT2D eigenvalue weighted by molar-refractivity contribution is -0.127. The Morgan fingerprint density at radius 2 is 1.79 bits per heavy atom. The van der Waals surface area contributed by atoms with Gasteiger partial charge in [-0.3, -0.25) is 4.79 Å². The minimum Gasteiger partial charge on any atom is -0.354 e. The highest BCUT2D eigenvalue weighted by Crippen LogP contribution is 2.22. The van der Waals surface area contributed by atoms with Gasteiger partial charge in [-0.25, -0.2) is 4.99 Å². The molecule has 1 aromatic rings. The molecule has 0 aliphatic heterocycles. The van der Waals surface area contributed by atoms with Crippen molar-refractivity contribution in [3.63, 3.8) is 0 Å². The predicted molar refractivity (Wildman–Crippen MR) is 108 cm³/mol. The Hall–Kier alpha value is -1.31. The molecule has 5 nitrogen and oxygen atoms in total. The van der Waals surface area contributed by atoms with E-state index >= 15 is 0 Å². The van der Waals surface area contributed by atoms with Crippen molar-refractivity contribution < 1.29 is 4.79 Å². The summed E-state index contributed by atoms with van der Waals surface area (Å²) in [6, 6.07) is 9.55. The highest BCUT2D eigenvalue weighted by molar-refractivity contribution is 14.0. The fraction of sp³-hybridized carbons (Fsp3) is 0.556. The molecule has 0 aromatic heterocycles. The third-order valence-corrected chi connectivity index (χ3v) is 4.48. The van der Waals surface area contributed by atoms with Crippen LogP contribution >= 0.6 is 24.0 Å². The molecule has 1 atom stereocenters. The average molecular weight is 442 g/mol. The first kappa shape index (κ1) is 19.0. The van der Waals surface area contributed by atoms with Gasteiger partial charge in [0.25, 0.3) is 0 Å². The molecule has 24 heavy (non-hydrogen) atoms. The Morgan fingerprint density at radius 3 is 2.46 bits per heavy atom. The Kier molecular flexibility index (Phi) is 6.89. The number of halogens is 1. The summed E-state index contributed by atoms with van der Waals surface area (Å²) < 4.78 is 0. The van der Waals surface area contributed by atoms with Crippen molar-refractivity contribution in [2.24, 2.45) is 4.99 Å². The van der Waals surface area contributed by atoms with E-state index in [1.807, 2.05) is 0 Å². The Morgan fingerprint density at radius 1 is 1.12 bits per heavy atom. The number of fused-ring (bicyclic) bond motifs is 1. The molecule has 0 heterocycles. The van der Waals surface area contributed by atoms with E-state index in [1.54, 1.807) is 19.0 Å². The van der Waals surface area contributed by atoms with E-state index in [2.05, 4.69) is 39.9 Å². The normalized spacial score (nSPS) is 19.8. The summed E-state index contributed by atoms with van der Waals surface area (Å²) in [7, 11) is 3.52. The number of benzene rings is 1. The van der Waals surface area contributed by atoms with E-state index in [1.165, 1.54) is 24.0 Å². The third kappa shape index (κ3) is 5.36. The molecule has 1 saturated carbocycles. The fourth-order valence-corrected chi connectivity index (χ4v) is 2.86. The van der Waals surface area contributed by atoms with Gasteiger partial charge < -0.3 is 15.5 Å². The Bertz CT molecular complexity index is 598. The molecular weight excluding hydrogens is 415 g/mol.